The Kier molecular flexibility index (Phi) is 4.56. The van der Waals surface area contributed by atoms with Gasteiger partial charge in [0.15, 0.2) is 0 Å². The molecule has 1 aromatic heterocycles. The van der Waals surface area contributed by atoms with E-state index in [0.29, 0.717) is 22.6 Å². The van der Waals surface area contributed by atoms with E-state index >= 15 is 0 Å². The fourth-order valence-corrected chi connectivity index (χ4v) is 2.29. The molecule has 3 aromatic rings. The van der Waals surface area contributed by atoms with Crippen LogP contribution in [0.4, 0.5) is 14.9 Å². The molecule has 5 nitrogen and oxygen atoms in total. The first-order valence-electron chi connectivity index (χ1n) is 7.42. The number of ether oxygens (including phenoxy) is 1. The van der Waals surface area contributed by atoms with E-state index in [1.807, 2.05) is 30.3 Å². The van der Waals surface area contributed by atoms with Crippen molar-refractivity contribution < 1.29 is 13.9 Å². The Morgan fingerprint density at radius 2 is 1.88 bits per heavy atom. The third-order valence-corrected chi connectivity index (χ3v) is 3.52. The Morgan fingerprint density at radius 1 is 1.17 bits per heavy atom. The Balaban J connectivity index is 1.75. The molecule has 0 aliphatic carbocycles. The molecule has 0 radical (unpaired) electrons. The lowest BCUT2D eigenvalue weighted by molar-refractivity contribution is 0.155. The number of nitrogens with one attached hydrogen (secondary N) is 2. The molecular weight excluding hydrogens is 309 g/mol. The summed E-state index contributed by atoms with van der Waals surface area (Å²) in [5, 5.41) is 9.47. The van der Waals surface area contributed by atoms with E-state index in [4.69, 9.17) is 4.74 Å². The van der Waals surface area contributed by atoms with Gasteiger partial charge in [-0.2, -0.15) is 5.10 Å². The van der Waals surface area contributed by atoms with Crippen molar-refractivity contribution in [3.63, 3.8) is 0 Å². The number of carbonyl (C=O) groups is 1. The standard InChI is InChI=1S/C18H16FN3O2/c1-12-16(17(22-21-12)14-9-5-6-10-15(14)19)20-18(23)24-11-13-7-3-2-4-8-13/h2-10H,11H2,1H3,(H,20,23)(H,21,22). The molecule has 0 spiro atoms. The molecule has 2 N–H and O–H groups in total. The number of benzene rings is 2. The summed E-state index contributed by atoms with van der Waals surface area (Å²) in [5.41, 5.74) is 2.54. The predicted octanol–water partition coefficient (Wildman–Crippen LogP) is 4.27. The average molecular weight is 325 g/mol. The normalized spacial score (nSPS) is 10.4. The first kappa shape index (κ1) is 15.7. The molecule has 0 aliphatic rings. The van der Waals surface area contributed by atoms with Gasteiger partial charge in [0.25, 0.3) is 0 Å². The van der Waals surface area contributed by atoms with Crippen molar-refractivity contribution in [2.24, 2.45) is 0 Å². The highest BCUT2D eigenvalue weighted by molar-refractivity contribution is 5.91. The first-order valence-corrected chi connectivity index (χ1v) is 7.42. The molecule has 0 fully saturated rings. The van der Waals surface area contributed by atoms with Gasteiger partial charge in [0.05, 0.1) is 11.4 Å². The number of aryl methyl sites for hydroxylation is 1. The summed E-state index contributed by atoms with van der Waals surface area (Å²) in [4.78, 5) is 12.0. The highest BCUT2D eigenvalue weighted by atomic mass is 19.1. The second-order valence-corrected chi connectivity index (χ2v) is 5.24. The maximum atomic E-state index is 14.0. The Labute approximate surface area is 138 Å². The number of amides is 1. The number of anilines is 1. The minimum absolute atomic E-state index is 0.151. The highest BCUT2D eigenvalue weighted by Crippen LogP contribution is 2.30. The summed E-state index contributed by atoms with van der Waals surface area (Å²) in [6.07, 6.45) is -0.624. The molecule has 24 heavy (non-hydrogen) atoms. The lowest BCUT2D eigenvalue weighted by Gasteiger charge is -2.09. The number of hydrogen-bond acceptors (Lipinski definition) is 3. The number of halogens is 1. The number of carbonyl (C=O) groups excluding carboxylic acids is 1. The number of aromatic amines is 1. The smallest absolute Gasteiger partial charge is 0.412 e. The number of rotatable bonds is 4. The van der Waals surface area contributed by atoms with Gasteiger partial charge < -0.3 is 4.74 Å². The Bertz CT molecular complexity index is 846. The lowest BCUT2D eigenvalue weighted by atomic mass is 10.1. The monoisotopic (exact) mass is 325 g/mol. The molecule has 0 aliphatic heterocycles. The second kappa shape index (κ2) is 6.95. The maximum absolute atomic E-state index is 14.0. The molecule has 0 saturated heterocycles. The van der Waals surface area contributed by atoms with Crippen LogP contribution in [0.1, 0.15) is 11.3 Å². The molecule has 6 heteroatoms. The van der Waals surface area contributed by atoms with Crippen LogP contribution in [0.2, 0.25) is 0 Å². The van der Waals surface area contributed by atoms with Gasteiger partial charge in [0.2, 0.25) is 0 Å². The van der Waals surface area contributed by atoms with Crippen molar-refractivity contribution in [2.45, 2.75) is 13.5 Å². The summed E-state index contributed by atoms with van der Waals surface area (Å²) in [6.45, 7) is 1.89. The largest absolute Gasteiger partial charge is 0.444 e. The van der Waals surface area contributed by atoms with Gasteiger partial charge in [-0.15, -0.1) is 0 Å². The number of aromatic nitrogens is 2. The van der Waals surface area contributed by atoms with Crippen LogP contribution in [0.5, 0.6) is 0 Å². The van der Waals surface area contributed by atoms with Crippen molar-refractivity contribution in [2.75, 3.05) is 5.32 Å². The average Bonchev–Trinajstić information content (AvgIpc) is 2.95. The molecule has 0 saturated carbocycles. The van der Waals surface area contributed by atoms with E-state index < -0.39 is 11.9 Å². The van der Waals surface area contributed by atoms with Gasteiger partial charge in [-0.3, -0.25) is 10.4 Å². The summed E-state index contributed by atoms with van der Waals surface area (Å²) < 4.78 is 19.2. The fraction of sp³-hybridized carbons (Fsp3) is 0.111. The molecule has 1 amide bonds. The van der Waals surface area contributed by atoms with Crippen LogP contribution in [-0.4, -0.2) is 16.3 Å². The Hall–Kier alpha value is -3.15. The third-order valence-electron chi connectivity index (χ3n) is 3.52. The van der Waals surface area contributed by atoms with Gasteiger partial charge in [0, 0.05) is 5.56 Å². The van der Waals surface area contributed by atoms with Crippen LogP contribution in [-0.2, 0) is 11.3 Å². The highest BCUT2D eigenvalue weighted by Gasteiger charge is 2.18. The van der Waals surface area contributed by atoms with Gasteiger partial charge >= 0.3 is 6.09 Å². The van der Waals surface area contributed by atoms with E-state index in [2.05, 4.69) is 15.5 Å². The van der Waals surface area contributed by atoms with Crippen molar-refractivity contribution in [3.8, 4) is 11.3 Å². The third kappa shape index (κ3) is 3.43. The minimum atomic E-state index is -0.624. The summed E-state index contributed by atoms with van der Waals surface area (Å²) in [7, 11) is 0. The number of H-pyrrole nitrogens is 1. The maximum Gasteiger partial charge on any atom is 0.412 e. The van der Waals surface area contributed by atoms with Crippen molar-refractivity contribution in [1.82, 2.24) is 10.2 Å². The summed E-state index contributed by atoms with van der Waals surface area (Å²) in [6, 6.07) is 15.6. The van der Waals surface area contributed by atoms with Gasteiger partial charge in [-0.1, -0.05) is 42.5 Å². The Morgan fingerprint density at radius 3 is 2.62 bits per heavy atom. The quantitative estimate of drug-likeness (QED) is 0.752. The van der Waals surface area contributed by atoms with Crippen LogP contribution in [0.3, 0.4) is 0 Å². The zero-order valence-corrected chi connectivity index (χ0v) is 13.0. The molecule has 1 heterocycles. The molecule has 122 valence electrons. The fourth-order valence-electron chi connectivity index (χ4n) is 2.29. The van der Waals surface area contributed by atoms with E-state index in [-0.39, 0.29) is 6.61 Å². The SMILES string of the molecule is Cc1[nH]nc(-c2ccccc2F)c1NC(=O)OCc1ccccc1. The van der Waals surface area contributed by atoms with E-state index in [0.717, 1.165) is 5.56 Å². The van der Waals surface area contributed by atoms with E-state index in [9.17, 15) is 9.18 Å². The second-order valence-electron chi connectivity index (χ2n) is 5.24. The summed E-state index contributed by atoms with van der Waals surface area (Å²) in [5.74, 6) is -0.412. The molecule has 0 bridgehead atoms. The van der Waals surface area contributed by atoms with Crippen LogP contribution in [0.15, 0.2) is 54.6 Å². The van der Waals surface area contributed by atoms with Crippen LogP contribution in [0.25, 0.3) is 11.3 Å². The van der Waals surface area contributed by atoms with E-state index in [1.54, 1.807) is 25.1 Å². The molecule has 2 aromatic carbocycles. The van der Waals surface area contributed by atoms with Crippen molar-refractivity contribution in [1.29, 1.82) is 0 Å². The van der Waals surface area contributed by atoms with Gasteiger partial charge in [-0.05, 0) is 24.6 Å². The molecular formula is C18H16FN3O2. The van der Waals surface area contributed by atoms with Crippen LogP contribution < -0.4 is 5.32 Å². The van der Waals surface area contributed by atoms with Crippen LogP contribution in [0, 0.1) is 12.7 Å². The minimum Gasteiger partial charge on any atom is -0.444 e. The topological polar surface area (TPSA) is 67.0 Å². The first-order chi connectivity index (χ1) is 11.6. The van der Waals surface area contributed by atoms with Crippen molar-refractivity contribution >= 4 is 11.8 Å². The predicted molar refractivity (Wildman–Crippen MR) is 89.0 cm³/mol. The molecule has 3 rings (SSSR count). The molecule has 0 unspecified atom stereocenters. The number of nitrogens with zero attached hydrogens (tertiary/aromatic N) is 1. The lowest BCUT2D eigenvalue weighted by Crippen LogP contribution is -2.14. The summed E-state index contributed by atoms with van der Waals surface area (Å²) >= 11 is 0. The van der Waals surface area contributed by atoms with Crippen LogP contribution >= 0.6 is 0 Å². The number of hydrogen-bond donors (Lipinski definition) is 2. The van der Waals surface area contributed by atoms with Gasteiger partial charge in [0.1, 0.15) is 18.1 Å². The van der Waals surface area contributed by atoms with Crippen molar-refractivity contribution in [3.05, 3.63) is 71.7 Å². The zero-order chi connectivity index (χ0) is 16.9. The zero-order valence-electron chi connectivity index (χ0n) is 13.0. The van der Waals surface area contributed by atoms with E-state index in [1.165, 1.54) is 6.07 Å². The molecule has 0 atom stereocenters. The van der Waals surface area contributed by atoms with Gasteiger partial charge in [-0.25, -0.2) is 9.18 Å².